The number of hydrogen-bond donors (Lipinski definition) is 0. The van der Waals surface area contributed by atoms with Crippen LogP contribution in [0.25, 0.3) is 11.4 Å². The predicted molar refractivity (Wildman–Crippen MR) is 82.3 cm³/mol. The number of aromatic nitrogens is 4. The topological polar surface area (TPSA) is 66.0 Å². The summed E-state index contributed by atoms with van der Waals surface area (Å²) in [6.45, 7) is 1.77. The smallest absolute Gasteiger partial charge is 0.282 e. The summed E-state index contributed by atoms with van der Waals surface area (Å²) in [7, 11) is 1.52. The van der Waals surface area contributed by atoms with Crippen LogP contribution in [-0.2, 0) is 6.54 Å². The molecule has 0 spiro atoms. The van der Waals surface area contributed by atoms with Crippen LogP contribution in [0.1, 0.15) is 23.7 Å². The molecule has 0 N–H and O–H groups in total. The zero-order valence-corrected chi connectivity index (χ0v) is 13.6. The molecule has 0 atom stereocenters. The maximum absolute atomic E-state index is 12.7. The van der Waals surface area contributed by atoms with Crippen molar-refractivity contribution in [2.75, 3.05) is 7.11 Å². The maximum Gasteiger partial charge on any atom is 0.282 e. The Labute approximate surface area is 141 Å². The molecule has 0 unspecified atom stereocenters. The second-order valence-electron chi connectivity index (χ2n) is 5.03. The van der Waals surface area contributed by atoms with Gasteiger partial charge in [-0.15, -0.1) is 0 Å². The van der Waals surface area contributed by atoms with Crippen LogP contribution >= 0.6 is 11.6 Å². The maximum atomic E-state index is 12.7. The normalized spacial score (nSPS) is 11.2. The fourth-order valence-corrected chi connectivity index (χ4v) is 2.39. The summed E-state index contributed by atoms with van der Waals surface area (Å²) in [6, 6.07) is 6.36. The average Bonchev–Trinajstić information content (AvgIpc) is 3.15. The number of halogens is 3. The molecule has 0 aliphatic heterocycles. The second-order valence-corrected chi connectivity index (χ2v) is 5.46. The van der Waals surface area contributed by atoms with E-state index in [0.717, 1.165) is 0 Å². The van der Waals surface area contributed by atoms with Gasteiger partial charge in [0.05, 0.1) is 12.7 Å². The molecule has 0 amide bonds. The Balaban J connectivity index is 1.88. The first-order chi connectivity index (χ1) is 11.5. The lowest BCUT2D eigenvalue weighted by molar-refractivity contribution is 0.145. The number of hydrogen-bond acceptors (Lipinski definition) is 5. The van der Waals surface area contributed by atoms with Crippen molar-refractivity contribution in [3.05, 3.63) is 46.6 Å². The van der Waals surface area contributed by atoms with Gasteiger partial charge in [-0.25, -0.2) is 8.78 Å². The van der Waals surface area contributed by atoms with E-state index in [1.807, 2.05) is 0 Å². The molecule has 2 aromatic heterocycles. The van der Waals surface area contributed by atoms with Crippen LogP contribution in [0.3, 0.4) is 0 Å². The summed E-state index contributed by atoms with van der Waals surface area (Å²) in [6.07, 6.45) is -2.63. The van der Waals surface area contributed by atoms with Crippen molar-refractivity contribution in [1.82, 2.24) is 19.9 Å². The van der Waals surface area contributed by atoms with Crippen molar-refractivity contribution in [3.63, 3.8) is 0 Å². The molecule has 126 valence electrons. The molecular formula is C15H13ClF2N4O2. The highest BCUT2D eigenvalue weighted by molar-refractivity contribution is 6.30. The molecular weight excluding hydrogens is 342 g/mol. The highest BCUT2D eigenvalue weighted by atomic mass is 35.5. The van der Waals surface area contributed by atoms with Crippen LogP contribution in [0.15, 0.2) is 28.8 Å². The number of rotatable bonds is 5. The van der Waals surface area contributed by atoms with E-state index in [1.54, 1.807) is 25.1 Å². The minimum Gasteiger partial charge on any atom is -0.496 e. The molecule has 3 rings (SSSR count). The molecule has 0 saturated carbocycles. The van der Waals surface area contributed by atoms with Gasteiger partial charge >= 0.3 is 0 Å². The van der Waals surface area contributed by atoms with E-state index in [9.17, 15) is 8.78 Å². The molecule has 9 heteroatoms. The zero-order chi connectivity index (χ0) is 17.3. The van der Waals surface area contributed by atoms with E-state index in [-0.39, 0.29) is 18.1 Å². The van der Waals surface area contributed by atoms with E-state index in [4.69, 9.17) is 20.9 Å². The monoisotopic (exact) mass is 354 g/mol. The van der Waals surface area contributed by atoms with E-state index in [1.165, 1.54) is 17.9 Å². The highest BCUT2D eigenvalue weighted by Crippen LogP contribution is 2.30. The van der Waals surface area contributed by atoms with Crippen molar-refractivity contribution in [2.24, 2.45) is 0 Å². The molecule has 2 heterocycles. The minimum atomic E-state index is -2.63. The largest absolute Gasteiger partial charge is 0.496 e. The lowest BCUT2D eigenvalue weighted by Crippen LogP contribution is -2.04. The summed E-state index contributed by atoms with van der Waals surface area (Å²) in [5, 5.41) is 8.22. The zero-order valence-electron chi connectivity index (χ0n) is 12.8. The lowest BCUT2D eigenvalue weighted by atomic mass is 10.2. The molecule has 24 heavy (non-hydrogen) atoms. The number of aryl methyl sites for hydroxylation is 1. The van der Waals surface area contributed by atoms with Gasteiger partial charge in [-0.1, -0.05) is 16.8 Å². The third-order valence-electron chi connectivity index (χ3n) is 3.38. The quantitative estimate of drug-likeness (QED) is 0.695. The third-order valence-corrected chi connectivity index (χ3v) is 3.61. The van der Waals surface area contributed by atoms with Crippen LogP contribution in [0.5, 0.6) is 5.75 Å². The molecule has 6 nitrogen and oxygen atoms in total. The summed E-state index contributed by atoms with van der Waals surface area (Å²) in [4.78, 5) is 4.26. The predicted octanol–water partition coefficient (Wildman–Crippen LogP) is 3.89. The molecule has 0 aliphatic rings. The summed E-state index contributed by atoms with van der Waals surface area (Å²) in [5.41, 5.74) is 0.861. The number of alkyl halides is 2. The summed E-state index contributed by atoms with van der Waals surface area (Å²) < 4.78 is 37.2. The first kappa shape index (κ1) is 16.4. The van der Waals surface area contributed by atoms with E-state index in [2.05, 4.69) is 15.2 Å². The van der Waals surface area contributed by atoms with Crippen LogP contribution in [0, 0.1) is 6.92 Å². The molecule has 0 radical (unpaired) electrons. The lowest BCUT2D eigenvalue weighted by Gasteiger charge is -2.04. The van der Waals surface area contributed by atoms with Gasteiger partial charge < -0.3 is 9.26 Å². The van der Waals surface area contributed by atoms with Gasteiger partial charge in [0.1, 0.15) is 18.0 Å². The van der Waals surface area contributed by atoms with Gasteiger partial charge in [0.15, 0.2) is 0 Å². The van der Waals surface area contributed by atoms with Gasteiger partial charge in [-0.3, -0.25) is 4.68 Å². The van der Waals surface area contributed by atoms with Crippen molar-refractivity contribution in [1.29, 1.82) is 0 Å². The van der Waals surface area contributed by atoms with E-state index < -0.39 is 6.43 Å². The Bertz CT molecular complexity index is 863. The fraction of sp³-hybridized carbons (Fsp3) is 0.267. The molecule has 0 aliphatic carbocycles. The molecule has 0 bridgehead atoms. The van der Waals surface area contributed by atoms with Gasteiger partial charge in [0.2, 0.25) is 11.7 Å². The van der Waals surface area contributed by atoms with Gasteiger partial charge in [0, 0.05) is 10.7 Å². The molecule has 3 aromatic rings. The third kappa shape index (κ3) is 3.23. The Hall–Kier alpha value is -2.48. The van der Waals surface area contributed by atoms with Crippen molar-refractivity contribution >= 4 is 11.6 Å². The minimum absolute atomic E-state index is 0.0917. The van der Waals surface area contributed by atoms with Crippen LogP contribution in [-0.4, -0.2) is 27.0 Å². The Morgan fingerprint density at radius 1 is 1.33 bits per heavy atom. The summed E-state index contributed by atoms with van der Waals surface area (Å²) >= 11 is 5.99. The van der Waals surface area contributed by atoms with E-state index >= 15 is 0 Å². The van der Waals surface area contributed by atoms with Crippen molar-refractivity contribution in [3.8, 4) is 17.1 Å². The van der Waals surface area contributed by atoms with Gasteiger partial charge in [0.25, 0.3) is 6.43 Å². The molecule has 0 saturated heterocycles. The van der Waals surface area contributed by atoms with Crippen molar-refractivity contribution in [2.45, 2.75) is 19.9 Å². The first-order valence-electron chi connectivity index (χ1n) is 6.97. The van der Waals surface area contributed by atoms with Gasteiger partial charge in [-0.05, 0) is 31.2 Å². The summed E-state index contributed by atoms with van der Waals surface area (Å²) in [5.74, 6) is 1.07. The Kier molecular flexibility index (Phi) is 4.48. The first-order valence-corrected chi connectivity index (χ1v) is 7.34. The standard InChI is InChI=1S/C15H13ClF2N4O2/c1-8-5-11(14(17)18)20-22(8)7-13-19-15(21-24-13)10-6-9(16)3-4-12(10)23-2/h3-6,14H,7H2,1-2H3. The SMILES string of the molecule is COc1ccc(Cl)cc1-c1noc(Cn2nc(C(F)F)cc2C)n1. The number of ether oxygens (including phenoxy) is 1. The fourth-order valence-electron chi connectivity index (χ4n) is 2.21. The number of methoxy groups -OCH3 is 1. The Morgan fingerprint density at radius 2 is 2.12 bits per heavy atom. The van der Waals surface area contributed by atoms with Crippen LogP contribution < -0.4 is 4.74 Å². The van der Waals surface area contributed by atoms with Crippen LogP contribution in [0.2, 0.25) is 5.02 Å². The van der Waals surface area contributed by atoms with E-state index in [0.29, 0.717) is 27.9 Å². The second kappa shape index (κ2) is 6.56. The molecule has 1 aromatic carbocycles. The van der Waals surface area contributed by atoms with Crippen LogP contribution in [0.4, 0.5) is 8.78 Å². The highest BCUT2D eigenvalue weighted by Gasteiger charge is 2.17. The average molecular weight is 355 g/mol. The van der Waals surface area contributed by atoms with Crippen molar-refractivity contribution < 1.29 is 18.0 Å². The van der Waals surface area contributed by atoms with Gasteiger partial charge in [-0.2, -0.15) is 10.1 Å². The Morgan fingerprint density at radius 3 is 2.79 bits per heavy atom. The number of nitrogens with zero attached hydrogens (tertiary/aromatic N) is 4. The number of benzene rings is 1. The molecule has 0 fully saturated rings.